The second-order valence-corrected chi connectivity index (χ2v) is 7.85. The van der Waals surface area contributed by atoms with Gasteiger partial charge in [-0.3, -0.25) is 4.79 Å². The number of nitrogens with two attached hydrogens (primary N) is 1. The highest BCUT2D eigenvalue weighted by Crippen LogP contribution is 2.32. The number of amides is 1. The Balaban J connectivity index is 2.10. The number of thiophene rings is 1. The van der Waals surface area contributed by atoms with Gasteiger partial charge in [0.2, 0.25) is 0 Å². The molecule has 0 bridgehead atoms. The van der Waals surface area contributed by atoms with Gasteiger partial charge in [0.05, 0.1) is 19.2 Å². The largest absolute Gasteiger partial charge is 0.399 e. The fourth-order valence-corrected chi connectivity index (χ4v) is 4.43. The average Bonchev–Trinajstić information content (AvgIpc) is 2.69. The fourth-order valence-electron chi connectivity index (χ4n) is 1.64. The van der Waals surface area contributed by atoms with Crippen LogP contribution in [0, 0.1) is 0 Å². The lowest BCUT2D eigenvalue weighted by Gasteiger charge is -2.14. The number of hydrogen-bond acceptors (Lipinski definition) is 3. The molecule has 0 fully saturated rings. The number of rotatable bonds is 3. The molecule has 0 saturated heterocycles. The highest BCUT2D eigenvalue weighted by Gasteiger charge is 2.16. The summed E-state index contributed by atoms with van der Waals surface area (Å²) in [6, 6.07) is 9.22. The first kappa shape index (κ1) is 14.6. The van der Waals surface area contributed by atoms with Crippen molar-refractivity contribution in [2.45, 2.75) is 13.0 Å². The zero-order valence-corrected chi connectivity index (χ0v) is 14.1. The molecule has 19 heavy (non-hydrogen) atoms. The number of halogens is 2. The minimum Gasteiger partial charge on any atom is -0.399 e. The molecule has 0 aliphatic heterocycles. The van der Waals surface area contributed by atoms with Gasteiger partial charge >= 0.3 is 0 Å². The first-order chi connectivity index (χ1) is 8.97. The number of hydrogen-bond donors (Lipinski definition) is 2. The molecule has 2 rings (SSSR count). The zero-order chi connectivity index (χ0) is 14.0. The van der Waals surface area contributed by atoms with Gasteiger partial charge in [0.25, 0.3) is 5.91 Å². The molecule has 0 aliphatic rings. The maximum Gasteiger partial charge on any atom is 0.253 e. The van der Waals surface area contributed by atoms with Crippen LogP contribution >= 0.6 is 43.2 Å². The van der Waals surface area contributed by atoms with Crippen molar-refractivity contribution in [1.29, 1.82) is 0 Å². The van der Waals surface area contributed by atoms with E-state index in [1.165, 1.54) is 11.3 Å². The molecule has 1 amide bonds. The van der Waals surface area contributed by atoms with Crippen molar-refractivity contribution in [2.75, 3.05) is 5.73 Å². The zero-order valence-electron chi connectivity index (χ0n) is 10.1. The first-order valence-electron chi connectivity index (χ1n) is 5.58. The van der Waals surface area contributed by atoms with Gasteiger partial charge < -0.3 is 11.1 Å². The number of nitrogen functional groups attached to an aromatic ring is 1. The van der Waals surface area contributed by atoms with E-state index in [2.05, 4.69) is 37.2 Å². The topological polar surface area (TPSA) is 55.1 Å². The minimum absolute atomic E-state index is 0.0707. The van der Waals surface area contributed by atoms with Gasteiger partial charge in [-0.2, -0.15) is 0 Å². The third kappa shape index (κ3) is 3.58. The molecular weight excluding hydrogens is 392 g/mol. The molecule has 0 radical (unpaired) electrons. The second-order valence-electron chi connectivity index (χ2n) is 4.10. The molecule has 2 aromatic rings. The van der Waals surface area contributed by atoms with Gasteiger partial charge in [-0.25, -0.2) is 0 Å². The summed E-state index contributed by atoms with van der Waals surface area (Å²) in [5, 5.41) is 2.96. The minimum atomic E-state index is -0.0989. The Labute approximate surface area is 132 Å². The van der Waals surface area contributed by atoms with Gasteiger partial charge in [0, 0.05) is 5.69 Å². The van der Waals surface area contributed by atoms with Crippen molar-refractivity contribution in [3.8, 4) is 0 Å². The monoisotopic (exact) mass is 402 g/mol. The number of nitrogens with one attached hydrogen (secondary N) is 1. The van der Waals surface area contributed by atoms with Crippen LogP contribution in [0.5, 0.6) is 0 Å². The van der Waals surface area contributed by atoms with E-state index in [9.17, 15) is 4.79 Å². The Kier molecular flexibility index (Phi) is 4.65. The predicted octanol–water partition coefficient (Wildman–Crippen LogP) is 4.35. The number of carbonyl (C=O) groups is 1. The molecular formula is C13H12Br2N2OS. The Morgan fingerprint density at radius 3 is 2.47 bits per heavy atom. The second kappa shape index (κ2) is 6.07. The number of benzene rings is 1. The molecule has 1 aromatic carbocycles. The van der Waals surface area contributed by atoms with E-state index in [0.29, 0.717) is 11.3 Å². The smallest absolute Gasteiger partial charge is 0.253 e. The van der Waals surface area contributed by atoms with Crippen LogP contribution < -0.4 is 11.1 Å². The standard InChI is InChI=1S/C13H12Br2N2OS/c1-7(8-2-4-9(16)5-3-8)17-13(18)10-6-11(14)19-12(10)15/h2-7H,16H2,1H3,(H,17,18). The van der Waals surface area contributed by atoms with Gasteiger partial charge in [-0.15, -0.1) is 11.3 Å². The summed E-state index contributed by atoms with van der Waals surface area (Å²) in [5.74, 6) is -0.0989. The van der Waals surface area contributed by atoms with E-state index in [0.717, 1.165) is 13.1 Å². The van der Waals surface area contributed by atoms with Crippen LogP contribution in [-0.2, 0) is 0 Å². The quantitative estimate of drug-likeness (QED) is 0.748. The Morgan fingerprint density at radius 1 is 1.32 bits per heavy atom. The Morgan fingerprint density at radius 2 is 1.95 bits per heavy atom. The summed E-state index contributed by atoms with van der Waals surface area (Å²) in [6.45, 7) is 1.94. The van der Waals surface area contributed by atoms with Crippen LogP contribution in [-0.4, -0.2) is 5.91 Å². The summed E-state index contributed by atoms with van der Waals surface area (Å²) in [4.78, 5) is 12.1. The molecule has 1 heterocycles. The van der Waals surface area contributed by atoms with Crippen LogP contribution in [0.3, 0.4) is 0 Å². The SMILES string of the molecule is CC(NC(=O)c1cc(Br)sc1Br)c1ccc(N)cc1. The third-order valence-electron chi connectivity index (χ3n) is 2.69. The maximum absolute atomic E-state index is 12.1. The van der Waals surface area contributed by atoms with Crippen LogP contribution in [0.4, 0.5) is 5.69 Å². The van der Waals surface area contributed by atoms with E-state index >= 15 is 0 Å². The molecule has 0 spiro atoms. The normalized spacial score (nSPS) is 12.2. The lowest BCUT2D eigenvalue weighted by Crippen LogP contribution is -2.26. The summed E-state index contributed by atoms with van der Waals surface area (Å²) < 4.78 is 1.74. The maximum atomic E-state index is 12.1. The molecule has 0 aliphatic carbocycles. The summed E-state index contributed by atoms with van der Waals surface area (Å²) in [6.07, 6.45) is 0. The van der Waals surface area contributed by atoms with Gasteiger partial charge in [0.1, 0.15) is 0 Å². The fraction of sp³-hybridized carbons (Fsp3) is 0.154. The van der Waals surface area contributed by atoms with Crippen molar-refractivity contribution in [2.24, 2.45) is 0 Å². The third-order valence-corrected chi connectivity index (χ3v) is 5.02. The average molecular weight is 404 g/mol. The number of anilines is 1. The molecule has 0 saturated carbocycles. The summed E-state index contributed by atoms with van der Waals surface area (Å²) >= 11 is 8.23. The van der Waals surface area contributed by atoms with Gasteiger partial charge in [-0.1, -0.05) is 12.1 Å². The summed E-state index contributed by atoms with van der Waals surface area (Å²) in [5.41, 5.74) is 8.02. The Hall–Kier alpha value is -0.850. The molecule has 1 aromatic heterocycles. The molecule has 6 heteroatoms. The Bertz CT molecular complexity index is 595. The van der Waals surface area contributed by atoms with Crippen LogP contribution in [0.15, 0.2) is 37.9 Å². The van der Waals surface area contributed by atoms with Gasteiger partial charge in [0.15, 0.2) is 0 Å². The van der Waals surface area contributed by atoms with Gasteiger partial charge in [-0.05, 0) is 62.5 Å². The van der Waals surface area contributed by atoms with Crippen molar-refractivity contribution in [3.05, 3.63) is 49.0 Å². The van der Waals surface area contributed by atoms with Crippen molar-refractivity contribution in [3.63, 3.8) is 0 Å². The lowest BCUT2D eigenvalue weighted by atomic mass is 10.1. The number of carbonyl (C=O) groups excluding carboxylic acids is 1. The van der Waals surface area contributed by atoms with Crippen LogP contribution in [0.1, 0.15) is 28.9 Å². The van der Waals surface area contributed by atoms with Crippen LogP contribution in [0.25, 0.3) is 0 Å². The van der Waals surface area contributed by atoms with E-state index in [-0.39, 0.29) is 11.9 Å². The predicted molar refractivity (Wildman–Crippen MR) is 86.5 cm³/mol. The van der Waals surface area contributed by atoms with E-state index < -0.39 is 0 Å². The first-order valence-corrected chi connectivity index (χ1v) is 7.98. The van der Waals surface area contributed by atoms with Crippen molar-refractivity contribution >= 4 is 54.8 Å². The van der Waals surface area contributed by atoms with E-state index in [4.69, 9.17) is 5.73 Å². The molecule has 3 nitrogen and oxygen atoms in total. The molecule has 100 valence electrons. The van der Waals surface area contributed by atoms with Crippen molar-refractivity contribution in [1.82, 2.24) is 5.32 Å². The summed E-state index contributed by atoms with van der Waals surface area (Å²) in [7, 11) is 0. The van der Waals surface area contributed by atoms with E-state index in [1.54, 1.807) is 6.07 Å². The highest BCUT2D eigenvalue weighted by molar-refractivity contribution is 9.12. The molecule has 1 unspecified atom stereocenters. The lowest BCUT2D eigenvalue weighted by molar-refractivity contribution is 0.0939. The molecule has 3 N–H and O–H groups in total. The molecule has 1 atom stereocenters. The van der Waals surface area contributed by atoms with Crippen molar-refractivity contribution < 1.29 is 4.79 Å². The van der Waals surface area contributed by atoms with Crippen LogP contribution in [0.2, 0.25) is 0 Å². The van der Waals surface area contributed by atoms with E-state index in [1.807, 2.05) is 31.2 Å². The highest BCUT2D eigenvalue weighted by atomic mass is 79.9.